The lowest BCUT2D eigenvalue weighted by molar-refractivity contribution is 0.416. The summed E-state index contributed by atoms with van der Waals surface area (Å²) in [4.78, 5) is 20.0. The topological polar surface area (TPSA) is 55.0 Å². The minimum atomic E-state index is -0.0149. The molecule has 0 aliphatic heterocycles. The van der Waals surface area contributed by atoms with Gasteiger partial charge in [-0.25, -0.2) is 4.98 Å². The van der Waals surface area contributed by atoms with Gasteiger partial charge < -0.3 is 9.72 Å². The molecule has 1 heterocycles. The number of hydrogen-bond acceptors (Lipinski definition) is 3. The summed E-state index contributed by atoms with van der Waals surface area (Å²) in [7, 11) is 1.62. The van der Waals surface area contributed by atoms with Gasteiger partial charge in [0.15, 0.2) is 0 Å². The molecule has 0 atom stereocenters. The lowest BCUT2D eigenvalue weighted by atomic mass is 10.1. The Labute approximate surface area is 131 Å². The number of H-pyrrole nitrogens is 1. The molecule has 5 heteroatoms. The molecule has 1 aromatic carbocycles. The van der Waals surface area contributed by atoms with Gasteiger partial charge in [-0.15, -0.1) is 0 Å². The van der Waals surface area contributed by atoms with Gasteiger partial charge in [0.25, 0.3) is 5.56 Å². The number of benzene rings is 1. The van der Waals surface area contributed by atoms with E-state index in [1.165, 1.54) is 0 Å². The summed E-state index contributed by atoms with van der Waals surface area (Å²) in [6.07, 6.45) is 5.03. The van der Waals surface area contributed by atoms with Gasteiger partial charge in [-0.3, -0.25) is 4.79 Å². The first-order valence-electron chi connectivity index (χ1n) is 7.15. The number of methoxy groups -OCH3 is 1. The molecule has 4 nitrogen and oxygen atoms in total. The fourth-order valence-corrected chi connectivity index (χ4v) is 3.13. The van der Waals surface area contributed by atoms with Crippen molar-refractivity contribution in [1.29, 1.82) is 0 Å². The number of halogens is 1. The predicted molar refractivity (Wildman–Crippen MR) is 85.8 cm³/mol. The molecule has 1 aliphatic carbocycles. The highest BCUT2D eigenvalue weighted by Gasteiger charge is 2.17. The smallest absolute Gasteiger partial charge is 0.254 e. The Hall–Kier alpha value is -1.62. The van der Waals surface area contributed by atoms with E-state index in [1.807, 2.05) is 18.2 Å². The van der Waals surface area contributed by atoms with Crippen LogP contribution in [0.2, 0.25) is 0 Å². The molecule has 0 saturated heterocycles. The number of rotatable bonds is 2. The Morgan fingerprint density at radius 2 is 2.05 bits per heavy atom. The van der Waals surface area contributed by atoms with Gasteiger partial charge in [-0.2, -0.15) is 0 Å². The van der Waals surface area contributed by atoms with E-state index in [0.717, 1.165) is 53.4 Å². The van der Waals surface area contributed by atoms with Gasteiger partial charge in [0, 0.05) is 10.0 Å². The molecule has 110 valence electrons. The van der Waals surface area contributed by atoms with Crippen molar-refractivity contribution in [3.05, 3.63) is 44.3 Å². The van der Waals surface area contributed by atoms with E-state index >= 15 is 0 Å². The average molecular weight is 349 g/mol. The molecular formula is C16H17BrN2O2. The van der Waals surface area contributed by atoms with Gasteiger partial charge >= 0.3 is 0 Å². The minimum Gasteiger partial charge on any atom is -0.496 e. The average Bonchev–Trinajstić information content (AvgIpc) is 2.73. The second-order valence-corrected chi connectivity index (χ2v) is 6.16. The zero-order valence-corrected chi connectivity index (χ0v) is 13.5. The van der Waals surface area contributed by atoms with Gasteiger partial charge in [-0.05, 0) is 43.9 Å². The lowest BCUT2D eigenvalue weighted by Gasteiger charge is -2.11. The first kappa shape index (κ1) is 14.3. The van der Waals surface area contributed by atoms with Gasteiger partial charge in [0.1, 0.15) is 11.6 Å². The molecule has 0 amide bonds. The number of hydrogen-bond donors (Lipinski definition) is 1. The van der Waals surface area contributed by atoms with E-state index in [9.17, 15) is 4.79 Å². The molecule has 1 aromatic heterocycles. The molecule has 0 fully saturated rings. The van der Waals surface area contributed by atoms with Crippen LogP contribution in [0.4, 0.5) is 0 Å². The number of aryl methyl sites for hydroxylation is 1. The Balaban J connectivity index is 2.16. The van der Waals surface area contributed by atoms with E-state index in [0.29, 0.717) is 11.6 Å². The maximum absolute atomic E-state index is 12.3. The number of aromatic nitrogens is 2. The van der Waals surface area contributed by atoms with Crippen LogP contribution in [-0.4, -0.2) is 17.1 Å². The quantitative estimate of drug-likeness (QED) is 0.845. The molecule has 0 spiro atoms. The fraction of sp³-hybridized carbons (Fsp3) is 0.375. The van der Waals surface area contributed by atoms with Gasteiger partial charge in [0.2, 0.25) is 0 Å². The second-order valence-electron chi connectivity index (χ2n) is 5.25. The number of ether oxygens (including phenoxy) is 1. The number of fused-ring (bicyclic) bond motifs is 1. The van der Waals surface area contributed by atoms with E-state index in [1.54, 1.807) is 7.11 Å². The normalized spacial score (nSPS) is 14.4. The number of aromatic amines is 1. The Morgan fingerprint density at radius 1 is 1.24 bits per heavy atom. The van der Waals surface area contributed by atoms with Gasteiger partial charge in [-0.1, -0.05) is 22.4 Å². The minimum absolute atomic E-state index is 0.0149. The molecule has 21 heavy (non-hydrogen) atoms. The van der Waals surface area contributed by atoms with Crippen LogP contribution >= 0.6 is 15.9 Å². The number of nitrogens with one attached hydrogen (secondary N) is 1. The molecular weight excluding hydrogens is 332 g/mol. The second kappa shape index (κ2) is 6.02. The van der Waals surface area contributed by atoms with Crippen LogP contribution in [0.5, 0.6) is 5.75 Å². The third kappa shape index (κ3) is 2.88. The summed E-state index contributed by atoms with van der Waals surface area (Å²) in [6.45, 7) is 0. The highest BCUT2D eigenvalue weighted by Crippen LogP contribution is 2.30. The van der Waals surface area contributed by atoms with Crippen LogP contribution in [0.3, 0.4) is 0 Å². The SMILES string of the molecule is COc1ccc(Br)cc1-c1nc2c(c(=O)[nH]1)CCCCC2. The Kier molecular flexibility index (Phi) is 4.10. The summed E-state index contributed by atoms with van der Waals surface area (Å²) in [5.41, 5.74) is 2.58. The lowest BCUT2D eigenvalue weighted by Crippen LogP contribution is -2.18. The van der Waals surface area contributed by atoms with E-state index < -0.39 is 0 Å². The maximum atomic E-state index is 12.3. The zero-order chi connectivity index (χ0) is 14.8. The summed E-state index contributed by atoms with van der Waals surface area (Å²) in [5, 5.41) is 0. The third-order valence-electron chi connectivity index (χ3n) is 3.86. The van der Waals surface area contributed by atoms with Crippen LogP contribution in [0, 0.1) is 0 Å². The molecule has 2 aromatic rings. The third-order valence-corrected chi connectivity index (χ3v) is 4.35. The van der Waals surface area contributed by atoms with Crippen LogP contribution in [0.15, 0.2) is 27.5 Å². The van der Waals surface area contributed by atoms with Crippen molar-refractivity contribution in [3.63, 3.8) is 0 Å². The van der Waals surface area contributed by atoms with Crippen molar-refractivity contribution in [2.24, 2.45) is 0 Å². The molecule has 0 bridgehead atoms. The summed E-state index contributed by atoms with van der Waals surface area (Å²) < 4.78 is 6.31. The highest BCUT2D eigenvalue weighted by atomic mass is 79.9. The van der Waals surface area contributed by atoms with E-state index in [4.69, 9.17) is 9.72 Å². The van der Waals surface area contributed by atoms with Crippen LogP contribution < -0.4 is 10.3 Å². The molecule has 1 N–H and O–H groups in total. The molecule has 3 rings (SSSR count). The van der Waals surface area contributed by atoms with Crippen LogP contribution in [0.25, 0.3) is 11.4 Å². The van der Waals surface area contributed by atoms with Crippen LogP contribution in [-0.2, 0) is 12.8 Å². The van der Waals surface area contributed by atoms with Crippen molar-refractivity contribution in [1.82, 2.24) is 9.97 Å². The fourth-order valence-electron chi connectivity index (χ4n) is 2.77. The van der Waals surface area contributed by atoms with Crippen molar-refractivity contribution >= 4 is 15.9 Å². The standard InChI is InChI=1S/C16H17BrN2O2/c1-21-14-8-7-10(17)9-12(14)15-18-13-6-4-2-3-5-11(13)16(20)19-15/h7-9H,2-6H2,1H3,(H,18,19,20). The van der Waals surface area contributed by atoms with Crippen molar-refractivity contribution in [2.45, 2.75) is 32.1 Å². The Bertz CT molecular complexity index is 725. The maximum Gasteiger partial charge on any atom is 0.254 e. The molecule has 1 aliphatic rings. The summed E-state index contributed by atoms with van der Waals surface area (Å²) in [6, 6.07) is 5.69. The highest BCUT2D eigenvalue weighted by molar-refractivity contribution is 9.10. The summed E-state index contributed by atoms with van der Waals surface area (Å²) >= 11 is 3.45. The molecule has 0 unspecified atom stereocenters. The predicted octanol–water partition coefficient (Wildman–Crippen LogP) is 3.48. The number of nitrogens with zero attached hydrogens (tertiary/aromatic N) is 1. The Morgan fingerprint density at radius 3 is 2.86 bits per heavy atom. The zero-order valence-electron chi connectivity index (χ0n) is 11.9. The largest absolute Gasteiger partial charge is 0.496 e. The molecule has 0 saturated carbocycles. The van der Waals surface area contributed by atoms with Crippen LogP contribution in [0.1, 0.15) is 30.5 Å². The van der Waals surface area contributed by atoms with Crippen molar-refractivity contribution in [3.8, 4) is 17.1 Å². The summed E-state index contributed by atoms with van der Waals surface area (Å²) in [5.74, 6) is 1.29. The first-order chi connectivity index (χ1) is 10.2. The van der Waals surface area contributed by atoms with E-state index in [2.05, 4.69) is 20.9 Å². The van der Waals surface area contributed by atoms with Crippen molar-refractivity contribution < 1.29 is 4.74 Å². The monoisotopic (exact) mass is 348 g/mol. The van der Waals surface area contributed by atoms with Crippen molar-refractivity contribution in [2.75, 3.05) is 7.11 Å². The van der Waals surface area contributed by atoms with Gasteiger partial charge in [0.05, 0.1) is 18.4 Å². The first-order valence-corrected chi connectivity index (χ1v) is 7.94. The van der Waals surface area contributed by atoms with E-state index in [-0.39, 0.29) is 5.56 Å². The molecule has 0 radical (unpaired) electrons.